The summed E-state index contributed by atoms with van der Waals surface area (Å²) >= 11 is 0. The highest BCUT2D eigenvalue weighted by molar-refractivity contribution is 5.97. The Morgan fingerprint density at radius 1 is 1.26 bits per heavy atom. The van der Waals surface area contributed by atoms with E-state index in [-0.39, 0.29) is 17.3 Å². The fraction of sp³-hybridized carbons (Fsp3) is 0.483. The Morgan fingerprint density at radius 3 is 2.79 bits per heavy atom. The van der Waals surface area contributed by atoms with Crippen LogP contribution in [0.3, 0.4) is 0 Å². The summed E-state index contributed by atoms with van der Waals surface area (Å²) < 4.78 is 8.09. The third kappa shape index (κ3) is 4.31. The number of rotatable bonds is 6. The van der Waals surface area contributed by atoms with Gasteiger partial charge in [0, 0.05) is 55.6 Å². The Bertz CT molecular complexity index is 1500. The van der Waals surface area contributed by atoms with Gasteiger partial charge < -0.3 is 19.4 Å². The van der Waals surface area contributed by atoms with Gasteiger partial charge in [-0.15, -0.1) is 0 Å². The summed E-state index contributed by atoms with van der Waals surface area (Å²) in [6.45, 7) is 10.1. The van der Waals surface area contributed by atoms with E-state index < -0.39 is 0 Å². The standard InChI is InChI=1S/C29H34N8O2/c1-5-23(38)37-17-29(18-37)10-12-36(16-29)27-22(13-30)25(24-19(2)8-9-20-14-31-35(4)26(20)24)32-28(33-27)39-15-21-7-6-11-34(21)3/h5,8-9,14,21H,1,6-7,10-12,15-18H2,2-4H3. The number of amides is 1. The molecule has 3 saturated heterocycles. The molecule has 5 heterocycles. The highest BCUT2D eigenvalue weighted by Crippen LogP contribution is 2.43. The normalized spacial score (nSPS) is 20.4. The van der Waals surface area contributed by atoms with Crippen LogP contribution < -0.4 is 9.64 Å². The zero-order valence-electron chi connectivity index (χ0n) is 22.9. The first-order valence-corrected chi connectivity index (χ1v) is 13.6. The summed E-state index contributed by atoms with van der Waals surface area (Å²) in [6, 6.07) is 7.12. The summed E-state index contributed by atoms with van der Waals surface area (Å²) in [5, 5.41) is 15.9. The Morgan fingerprint density at radius 2 is 2.08 bits per heavy atom. The molecule has 3 fully saturated rings. The number of hydrogen-bond acceptors (Lipinski definition) is 8. The predicted octanol–water partition coefficient (Wildman–Crippen LogP) is 2.91. The molecule has 2 aromatic heterocycles. The van der Waals surface area contributed by atoms with E-state index in [0.717, 1.165) is 60.9 Å². The second kappa shape index (κ2) is 9.65. The molecule has 0 bridgehead atoms. The van der Waals surface area contributed by atoms with Crippen molar-refractivity contribution in [2.45, 2.75) is 32.2 Å². The molecule has 0 aliphatic carbocycles. The molecule has 10 nitrogen and oxygen atoms in total. The molecular weight excluding hydrogens is 492 g/mol. The molecule has 3 aliphatic rings. The highest BCUT2D eigenvalue weighted by Gasteiger charge is 2.49. The van der Waals surface area contributed by atoms with Crippen LogP contribution in [-0.4, -0.2) is 87.9 Å². The monoisotopic (exact) mass is 526 g/mol. The number of aromatic nitrogens is 4. The zero-order valence-corrected chi connectivity index (χ0v) is 22.9. The van der Waals surface area contributed by atoms with Crippen molar-refractivity contribution in [2.24, 2.45) is 12.5 Å². The molecule has 1 unspecified atom stereocenters. The van der Waals surface area contributed by atoms with Gasteiger partial charge in [-0.2, -0.15) is 20.3 Å². The molecule has 3 aromatic rings. The molecule has 0 saturated carbocycles. The molecule has 1 aromatic carbocycles. The Balaban J connectivity index is 1.42. The first-order chi connectivity index (χ1) is 18.8. The van der Waals surface area contributed by atoms with E-state index in [9.17, 15) is 10.1 Å². The van der Waals surface area contributed by atoms with Gasteiger partial charge in [-0.3, -0.25) is 9.48 Å². The first kappa shape index (κ1) is 25.3. The van der Waals surface area contributed by atoms with Gasteiger partial charge >= 0.3 is 6.01 Å². The fourth-order valence-electron chi connectivity index (χ4n) is 6.46. The van der Waals surface area contributed by atoms with Crippen LogP contribution in [0.25, 0.3) is 22.2 Å². The van der Waals surface area contributed by atoms with E-state index in [2.05, 4.69) is 34.6 Å². The summed E-state index contributed by atoms with van der Waals surface area (Å²) in [7, 11) is 4.02. The van der Waals surface area contributed by atoms with Crippen molar-refractivity contribution in [2.75, 3.05) is 51.3 Å². The molecule has 202 valence electrons. The van der Waals surface area contributed by atoms with Crippen LogP contribution in [0.1, 0.15) is 30.4 Å². The SMILES string of the molecule is C=CC(=O)N1CC2(CCN(c3nc(OCC4CCCN4C)nc(-c4c(C)ccc5cnn(C)c45)c3C#N)C2)C1. The van der Waals surface area contributed by atoms with E-state index in [4.69, 9.17) is 14.7 Å². The second-order valence-electron chi connectivity index (χ2n) is 11.3. The maximum atomic E-state index is 12.1. The Labute approximate surface area is 228 Å². The number of fused-ring (bicyclic) bond motifs is 1. The quantitative estimate of drug-likeness (QED) is 0.452. The fourth-order valence-corrected chi connectivity index (χ4v) is 6.46. The molecule has 1 spiro atoms. The van der Waals surface area contributed by atoms with Crippen LogP contribution in [0.5, 0.6) is 6.01 Å². The molecular formula is C29H34N8O2. The smallest absolute Gasteiger partial charge is 0.319 e. The predicted molar refractivity (Wildman–Crippen MR) is 148 cm³/mol. The van der Waals surface area contributed by atoms with Gasteiger partial charge in [0.1, 0.15) is 18.2 Å². The number of nitrogens with zero attached hydrogens (tertiary/aromatic N) is 8. The molecule has 1 amide bonds. The van der Waals surface area contributed by atoms with Crippen LogP contribution in [0.4, 0.5) is 5.82 Å². The van der Waals surface area contributed by atoms with Crippen molar-refractivity contribution in [1.29, 1.82) is 5.26 Å². The van der Waals surface area contributed by atoms with E-state index in [1.54, 1.807) is 0 Å². The Hall–Kier alpha value is -3.97. The lowest BCUT2D eigenvalue weighted by Gasteiger charge is -2.47. The number of nitriles is 1. The molecule has 6 rings (SSSR count). The molecule has 0 radical (unpaired) electrons. The second-order valence-corrected chi connectivity index (χ2v) is 11.3. The lowest BCUT2D eigenvalue weighted by molar-refractivity contribution is -0.136. The van der Waals surface area contributed by atoms with E-state index in [0.29, 0.717) is 42.8 Å². The summed E-state index contributed by atoms with van der Waals surface area (Å²) in [6.07, 6.45) is 6.36. The highest BCUT2D eigenvalue weighted by atomic mass is 16.5. The number of benzene rings is 1. The molecule has 39 heavy (non-hydrogen) atoms. The largest absolute Gasteiger partial charge is 0.462 e. The third-order valence-electron chi connectivity index (χ3n) is 8.68. The van der Waals surface area contributed by atoms with E-state index in [1.807, 2.05) is 41.9 Å². The van der Waals surface area contributed by atoms with Crippen molar-refractivity contribution in [3.63, 3.8) is 0 Å². The van der Waals surface area contributed by atoms with Gasteiger partial charge in [0.15, 0.2) is 5.82 Å². The van der Waals surface area contributed by atoms with Gasteiger partial charge in [0.25, 0.3) is 0 Å². The zero-order chi connectivity index (χ0) is 27.3. The minimum absolute atomic E-state index is 0.00204. The number of ether oxygens (including phenoxy) is 1. The summed E-state index contributed by atoms with van der Waals surface area (Å²) in [5.41, 5.74) is 3.81. The van der Waals surface area contributed by atoms with Gasteiger partial charge in [0.05, 0.1) is 17.4 Å². The number of hydrogen-bond donors (Lipinski definition) is 0. The maximum Gasteiger partial charge on any atom is 0.319 e. The topological polar surface area (TPSA) is 103 Å². The number of likely N-dealkylation sites (N-methyl/N-ethyl adjacent to an activating group) is 1. The minimum Gasteiger partial charge on any atom is -0.462 e. The van der Waals surface area contributed by atoms with E-state index >= 15 is 0 Å². The summed E-state index contributed by atoms with van der Waals surface area (Å²) in [5.74, 6) is 0.564. The molecule has 0 N–H and O–H groups in total. The van der Waals surface area contributed by atoms with Crippen molar-refractivity contribution >= 4 is 22.6 Å². The van der Waals surface area contributed by atoms with Gasteiger partial charge in [-0.1, -0.05) is 18.7 Å². The van der Waals surface area contributed by atoms with Crippen molar-refractivity contribution in [1.82, 2.24) is 29.5 Å². The van der Waals surface area contributed by atoms with Crippen molar-refractivity contribution < 1.29 is 9.53 Å². The number of aryl methyl sites for hydroxylation is 2. The maximum absolute atomic E-state index is 12.1. The van der Waals surface area contributed by atoms with Gasteiger partial charge in [-0.05, 0) is 51.4 Å². The van der Waals surface area contributed by atoms with Crippen molar-refractivity contribution in [3.05, 3.63) is 42.1 Å². The van der Waals surface area contributed by atoms with Crippen LogP contribution in [0.2, 0.25) is 0 Å². The summed E-state index contributed by atoms with van der Waals surface area (Å²) in [4.78, 5) is 28.1. The third-order valence-corrected chi connectivity index (χ3v) is 8.68. The molecule has 1 atom stereocenters. The van der Waals surface area contributed by atoms with Gasteiger partial charge in [-0.25, -0.2) is 0 Å². The lowest BCUT2D eigenvalue weighted by atomic mass is 9.79. The van der Waals surface area contributed by atoms with Crippen LogP contribution in [-0.2, 0) is 11.8 Å². The molecule has 10 heteroatoms. The number of carbonyl (C=O) groups excluding carboxylic acids is 1. The first-order valence-electron chi connectivity index (χ1n) is 13.6. The van der Waals surface area contributed by atoms with E-state index in [1.165, 1.54) is 6.08 Å². The molecule has 3 aliphatic heterocycles. The van der Waals surface area contributed by atoms with Crippen molar-refractivity contribution in [3.8, 4) is 23.3 Å². The lowest BCUT2D eigenvalue weighted by Crippen LogP contribution is -2.59. The van der Waals surface area contributed by atoms with Crippen LogP contribution in [0, 0.1) is 23.7 Å². The van der Waals surface area contributed by atoms with Gasteiger partial charge in [0.2, 0.25) is 5.91 Å². The average molecular weight is 527 g/mol. The van der Waals surface area contributed by atoms with Crippen LogP contribution in [0.15, 0.2) is 31.0 Å². The van der Waals surface area contributed by atoms with Crippen LogP contribution >= 0.6 is 0 Å². The number of likely N-dealkylation sites (tertiary alicyclic amines) is 2. The number of carbonyl (C=O) groups is 1. The number of anilines is 1. The average Bonchev–Trinajstić information content (AvgIpc) is 3.64. The minimum atomic E-state index is -0.0339. The Kier molecular flexibility index (Phi) is 6.26.